The van der Waals surface area contributed by atoms with E-state index in [2.05, 4.69) is 42.0 Å². The van der Waals surface area contributed by atoms with Crippen LogP contribution >= 0.6 is 15.9 Å². The molecular formula is C28H39BrN2O3. The van der Waals surface area contributed by atoms with E-state index in [4.69, 9.17) is 4.74 Å². The van der Waals surface area contributed by atoms with Gasteiger partial charge in [-0.3, -0.25) is 9.59 Å². The van der Waals surface area contributed by atoms with Crippen LogP contribution in [-0.2, 0) is 21.5 Å². The van der Waals surface area contributed by atoms with Crippen LogP contribution < -0.4 is 10.1 Å². The number of halogens is 1. The fourth-order valence-corrected chi connectivity index (χ4v) is 4.17. The molecule has 2 aromatic carbocycles. The molecule has 2 atom stereocenters. The molecule has 0 aromatic heterocycles. The zero-order valence-electron chi connectivity index (χ0n) is 21.6. The second-order valence-electron chi connectivity index (χ2n) is 9.94. The van der Waals surface area contributed by atoms with Crippen LogP contribution in [0.4, 0.5) is 0 Å². The molecule has 0 fully saturated rings. The monoisotopic (exact) mass is 530 g/mol. The van der Waals surface area contributed by atoms with Gasteiger partial charge in [-0.25, -0.2) is 0 Å². The van der Waals surface area contributed by atoms with Crippen molar-refractivity contribution in [3.05, 3.63) is 63.6 Å². The van der Waals surface area contributed by atoms with Gasteiger partial charge in [0.1, 0.15) is 11.8 Å². The molecule has 2 aromatic rings. The topological polar surface area (TPSA) is 58.6 Å². The minimum atomic E-state index is -0.572. The van der Waals surface area contributed by atoms with Gasteiger partial charge in [-0.2, -0.15) is 0 Å². The van der Waals surface area contributed by atoms with Gasteiger partial charge >= 0.3 is 0 Å². The predicted octanol–water partition coefficient (Wildman–Crippen LogP) is 6.16. The van der Waals surface area contributed by atoms with Crippen LogP contribution in [0.25, 0.3) is 0 Å². The Kier molecular flexibility index (Phi) is 10.2. The highest BCUT2D eigenvalue weighted by atomic mass is 79.9. The molecule has 1 N–H and O–H groups in total. The first-order valence-corrected chi connectivity index (χ1v) is 12.8. The largest absolute Gasteiger partial charge is 0.483 e. The average Bonchev–Trinajstić information content (AvgIpc) is 2.77. The molecule has 0 saturated heterocycles. The average molecular weight is 532 g/mol. The van der Waals surface area contributed by atoms with Gasteiger partial charge in [0.15, 0.2) is 6.61 Å². The Morgan fingerprint density at radius 2 is 1.79 bits per heavy atom. The number of nitrogens with zero attached hydrogens (tertiary/aromatic N) is 1. The lowest BCUT2D eigenvalue weighted by atomic mass is 9.87. The number of hydrogen-bond acceptors (Lipinski definition) is 3. The van der Waals surface area contributed by atoms with Crippen LogP contribution in [0.5, 0.6) is 5.75 Å². The number of aryl methyl sites for hydroxylation is 1. The maximum atomic E-state index is 13.4. The summed E-state index contributed by atoms with van der Waals surface area (Å²) < 4.78 is 6.72. The van der Waals surface area contributed by atoms with E-state index in [1.54, 1.807) is 4.90 Å². The molecule has 0 saturated carbocycles. The van der Waals surface area contributed by atoms with Crippen LogP contribution in [0.15, 0.2) is 46.9 Å². The number of carbonyl (C=O) groups excluding carboxylic acids is 2. The Labute approximate surface area is 213 Å². The minimum absolute atomic E-state index is 0.0127. The summed E-state index contributed by atoms with van der Waals surface area (Å²) in [5, 5.41) is 3.04. The first-order chi connectivity index (χ1) is 16.0. The molecule has 5 nitrogen and oxygen atoms in total. The maximum absolute atomic E-state index is 13.4. The van der Waals surface area contributed by atoms with Gasteiger partial charge in [0.2, 0.25) is 5.91 Å². The molecule has 0 aliphatic rings. The van der Waals surface area contributed by atoms with Crippen LogP contribution in [0.1, 0.15) is 71.1 Å². The second kappa shape index (κ2) is 12.4. The number of ether oxygens (including phenoxy) is 1. The SMILES string of the molecule is CCC(C)NC(=O)C(CC)N(Cc1cccc(C)c1)C(=O)COc1ccc(C(C)(C)C)cc1Br. The molecule has 0 radical (unpaired) electrons. The summed E-state index contributed by atoms with van der Waals surface area (Å²) in [4.78, 5) is 28.1. The van der Waals surface area contributed by atoms with Gasteiger partial charge in [0.25, 0.3) is 5.91 Å². The summed E-state index contributed by atoms with van der Waals surface area (Å²) in [6.07, 6.45) is 1.35. The summed E-state index contributed by atoms with van der Waals surface area (Å²) in [5.41, 5.74) is 3.28. The van der Waals surface area contributed by atoms with Gasteiger partial charge in [-0.05, 0) is 71.3 Å². The molecule has 34 heavy (non-hydrogen) atoms. The fraction of sp³-hybridized carbons (Fsp3) is 0.500. The van der Waals surface area contributed by atoms with E-state index >= 15 is 0 Å². The number of hydrogen-bond donors (Lipinski definition) is 1. The highest BCUT2D eigenvalue weighted by Gasteiger charge is 2.29. The van der Waals surface area contributed by atoms with Gasteiger partial charge in [-0.15, -0.1) is 0 Å². The number of amides is 2. The number of benzene rings is 2. The molecular weight excluding hydrogens is 492 g/mol. The highest BCUT2D eigenvalue weighted by molar-refractivity contribution is 9.10. The molecule has 0 heterocycles. The normalized spacial score (nSPS) is 13.2. The highest BCUT2D eigenvalue weighted by Crippen LogP contribution is 2.31. The summed E-state index contributed by atoms with van der Waals surface area (Å²) in [5.74, 6) is 0.252. The third-order valence-corrected chi connectivity index (χ3v) is 6.59. The van der Waals surface area contributed by atoms with Crippen LogP contribution in [-0.4, -0.2) is 35.4 Å². The first kappa shape index (κ1) is 27.9. The van der Waals surface area contributed by atoms with Crippen molar-refractivity contribution < 1.29 is 14.3 Å². The zero-order chi connectivity index (χ0) is 25.5. The Balaban J connectivity index is 2.25. The summed E-state index contributed by atoms with van der Waals surface area (Å²) in [6, 6.07) is 13.4. The predicted molar refractivity (Wildman–Crippen MR) is 142 cm³/mol. The van der Waals surface area contributed by atoms with Crippen LogP contribution in [0.3, 0.4) is 0 Å². The van der Waals surface area contributed by atoms with Crippen LogP contribution in [0.2, 0.25) is 0 Å². The van der Waals surface area contributed by atoms with E-state index < -0.39 is 6.04 Å². The van der Waals surface area contributed by atoms with E-state index in [9.17, 15) is 9.59 Å². The molecule has 6 heteroatoms. The third-order valence-electron chi connectivity index (χ3n) is 5.97. The van der Waals surface area contributed by atoms with Gasteiger partial charge in [0, 0.05) is 12.6 Å². The van der Waals surface area contributed by atoms with E-state index in [0.717, 1.165) is 22.0 Å². The Bertz CT molecular complexity index is 984. The van der Waals surface area contributed by atoms with Crippen LogP contribution in [0, 0.1) is 6.92 Å². The van der Waals surface area contributed by atoms with E-state index in [1.807, 2.05) is 70.2 Å². The Morgan fingerprint density at radius 1 is 1.09 bits per heavy atom. The summed E-state index contributed by atoms with van der Waals surface area (Å²) >= 11 is 3.58. The van der Waals surface area contributed by atoms with Gasteiger partial charge in [0.05, 0.1) is 4.47 Å². The fourth-order valence-electron chi connectivity index (χ4n) is 3.67. The lowest BCUT2D eigenvalue weighted by Gasteiger charge is -2.31. The minimum Gasteiger partial charge on any atom is -0.483 e. The van der Waals surface area contributed by atoms with E-state index in [1.165, 1.54) is 5.56 Å². The second-order valence-corrected chi connectivity index (χ2v) is 10.8. The van der Waals surface area contributed by atoms with Gasteiger partial charge < -0.3 is 15.0 Å². The Morgan fingerprint density at radius 3 is 2.35 bits per heavy atom. The van der Waals surface area contributed by atoms with Crippen molar-refractivity contribution in [1.29, 1.82) is 0 Å². The number of carbonyl (C=O) groups is 2. The standard InChI is InChI=1S/C28H39BrN2O3/c1-8-20(4)30-27(33)24(9-2)31(17-21-12-10-11-19(3)15-21)26(32)18-34-25-14-13-22(16-23(25)29)28(5,6)7/h10-16,20,24H,8-9,17-18H2,1-7H3,(H,30,33). The quantitative estimate of drug-likeness (QED) is 0.400. The molecule has 186 valence electrons. The van der Waals surface area contributed by atoms with Crippen molar-refractivity contribution in [1.82, 2.24) is 10.2 Å². The van der Waals surface area contributed by atoms with Crippen molar-refractivity contribution in [3.8, 4) is 5.75 Å². The molecule has 0 spiro atoms. The van der Waals surface area contributed by atoms with E-state index in [-0.39, 0.29) is 29.9 Å². The lowest BCUT2D eigenvalue weighted by Crippen LogP contribution is -2.51. The molecule has 0 bridgehead atoms. The lowest BCUT2D eigenvalue weighted by molar-refractivity contribution is -0.143. The third kappa shape index (κ3) is 7.86. The van der Waals surface area contributed by atoms with Crippen molar-refractivity contribution in [2.75, 3.05) is 6.61 Å². The van der Waals surface area contributed by atoms with Crippen molar-refractivity contribution in [2.45, 2.75) is 85.4 Å². The molecule has 0 aliphatic carbocycles. The smallest absolute Gasteiger partial charge is 0.261 e. The first-order valence-electron chi connectivity index (χ1n) is 12.0. The Hall–Kier alpha value is -2.34. The van der Waals surface area contributed by atoms with E-state index in [0.29, 0.717) is 18.7 Å². The van der Waals surface area contributed by atoms with Gasteiger partial charge in [-0.1, -0.05) is 70.5 Å². The molecule has 2 rings (SSSR count). The van der Waals surface area contributed by atoms with Crippen molar-refractivity contribution in [3.63, 3.8) is 0 Å². The molecule has 0 aliphatic heterocycles. The summed E-state index contributed by atoms with van der Waals surface area (Å²) in [6.45, 7) is 14.6. The maximum Gasteiger partial charge on any atom is 0.261 e. The molecule has 2 unspecified atom stereocenters. The molecule has 2 amide bonds. The number of rotatable bonds is 10. The zero-order valence-corrected chi connectivity index (χ0v) is 23.2. The van der Waals surface area contributed by atoms with Crippen molar-refractivity contribution in [2.24, 2.45) is 0 Å². The number of nitrogens with one attached hydrogen (secondary N) is 1. The summed E-state index contributed by atoms with van der Waals surface area (Å²) in [7, 11) is 0. The van der Waals surface area contributed by atoms with Crippen molar-refractivity contribution >= 4 is 27.7 Å².